The molecular formula is C34H34F4N6O5S. The summed E-state index contributed by atoms with van der Waals surface area (Å²) in [4.78, 5) is 33.5. The number of nitrogens with zero attached hydrogens (tertiary/aromatic N) is 3. The molecule has 0 bridgehead atoms. The number of urea groups is 1. The van der Waals surface area contributed by atoms with Crippen LogP contribution in [0.2, 0.25) is 0 Å². The zero-order chi connectivity index (χ0) is 36.2. The van der Waals surface area contributed by atoms with Gasteiger partial charge in [-0.1, -0.05) is 12.1 Å². The number of benzene rings is 3. The standard InChI is InChI=1S/C34H34F4N6O5S/c1-21-22(6-13-31(40-21)49-28-10-7-24(8-11-28)42-50(2,47)48)20-43-16-14-26(15-17-43)44(27-5-3-4-23(35)18-27)33(46)41-25-9-12-30(34(36,37)38)29(19-25)32(39)45/h3-13,18-19,26,42H,14-17,20H2,1-2H3,(H2,39,45)(H,41,46). The highest BCUT2D eigenvalue weighted by Gasteiger charge is 2.35. The fourth-order valence-corrected chi connectivity index (χ4v) is 6.23. The number of pyridine rings is 1. The van der Waals surface area contributed by atoms with Gasteiger partial charge in [0.15, 0.2) is 0 Å². The Hall–Kier alpha value is -5.22. The third-order valence-electron chi connectivity index (χ3n) is 8.01. The minimum atomic E-state index is -4.83. The van der Waals surface area contributed by atoms with Gasteiger partial charge in [0, 0.05) is 54.5 Å². The van der Waals surface area contributed by atoms with E-state index in [0.717, 1.165) is 29.6 Å². The van der Waals surface area contributed by atoms with E-state index in [0.29, 0.717) is 55.9 Å². The van der Waals surface area contributed by atoms with Gasteiger partial charge in [0.2, 0.25) is 21.8 Å². The molecule has 0 spiro atoms. The number of ether oxygens (including phenoxy) is 1. The molecule has 264 valence electrons. The SMILES string of the molecule is Cc1nc(Oc2ccc(NS(C)(=O)=O)cc2)ccc1CN1CCC(N(C(=O)Nc2ccc(C(F)(F)F)c(C(N)=O)c2)c2cccc(F)c2)CC1. The van der Waals surface area contributed by atoms with E-state index < -0.39 is 45.1 Å². The molecule has 3 aromatic carbocycles. The van der Waals surface area contributed by atoms with Gasteiger partial charge in [-0.2, -0.15) is 13.2 Å². The molecule has 1 aliphatic heterocycles. The van der Waals surface area contributed by atoms with Crippen LogP contribution in [0, 0.1) is 12.7 Å². The fourth-order valence-electron chi connectivity index (χ4n) is 5.67. The van der Waals surface area contributed by atoms with Crippen LogP contribution in [0.1, 0.15) is 40.0 Å². The Bertz CT molecular complexity index is 1990. The largest absolute Gasteiger partial charge is 0.439 e. The molecule has 1 aromatic heterocycles. The van der Waals surface area contributed by atoms with Crippen molar-refractivity contribution in [3.63, 3.8) is 0 Å². The van der Waals surface area contributed by atoms with Crippen LogP contribution in [-0.4, -0.2) is 55.6 Å². The second-order valence-corrected chi connectivity index (χ2v) is 13.6. The number of carbonyl (C=O) groups is 2. The van der Waals surface area contributed by atoms with E-state index >= 15 is 0 Å². The Labute approximate surface area is 286 Å². The van der Waals surface area contributed by atoms with Crippen molar-refractivity contribution in [2.45, 2.75) is 38.5 Å². The number of likely N-dealkylation sites (tertiary alicyclic amines) is 1. The van der Waals surface area contributed by atoms with Gasteiger partial charge in [0.05, 0.1) is 17.4 Å². The van der Waals surface area contributed by atoms with Crippen molar-refractivity contribution >= 4 is 39.0 Å². The zero-order valence-electron chi connectivity index (χ0n) is 27.0. The van der Waals surface area contributed by atoms with Crippen LogP contribution < -0.4 is 25.4 Å². The molecule has 5 rings (SSSR count). The van der Waals surface area contributed by atoms with E-state index in [1.807, 2.05) is 13.0 Å². The van der Waals surface area contributed by atoms with Crippen molar-refractivity contribution in [1.82, 2.24) is 9.88 Å². The third kappa shape index (κ3) is 9.26. The fraction of sp³-hybridized carbons (Fsp3) is 0.265. The number of hydrogen-bond donors (Lipinski definition) is 3. The highest BCUT2D eigenvalue weighted by atomic mass is 32.2. The summed E-state index contributed by atoms with van der Waals surface area (Å²) in [6.45, 7) is 3.56. The van der Waals surface area contributed by atoms with Crippen LogP contribution in [0.25, 0.3) is 0 Å². The molecule has 4 aromatic rings. The van der Waals surface area contributed by atoms with Crippen molar-refractivity contribution in [1.29, 1.82) is 0 Å². The molecule has 4 N–H and O–H groups in total. The normalized spacial score (nSPS) is 14.2. The summed E-state index contributed by atoms with van der Waals surface area (Å²) in [6.07, 6.45) is -2.76. The Morgan fingerprint density at radius 3 is 2.28 bits per heavy atom. The monoisotopic (exact) mass is 714 g/mol. The van der Waals surface area contributed by atoms with Gasteiger partial charge in [-0.05, 0) is 86.0 Å². The van der Waals surface area contributed by atoms with Gasteiger partial charge in [-0.25, -0.2) is 22.6 Å². The number of aromatic nitrogens is 1. The molecular weight excluding hydrogens is 680 g/mol. The number of rotatable bonds is 10. The number of nitrogens with two attached hydrogens (primary N) is 1. The van der Waals surface area contributed by atoms with Crippen LogP contribution >= 0.6 is 0 Å². The molecule has 2 heterocycles. The molecule has 1 aliphatic rings. The third-order valence-corrected chi connectivity index (χ3v) is 8.62. The van der Waals surface area contributed by atoms with Gasteiger partial charge in [-0.3, -0.25) is 19.3 Å². The average molecular weight is 715 g/mol. The molecule has 0 unspecified atom stereocenters. The average Bonchev–Trinajstić information content (AvgIpc) is 3.03. The maximum atomic E-state index is 14.3. The molecule has 3 amide bonds. The number of piperidine rings is 1. The van der Waals surface area contributed by atoms with Gasteiger partial charge in [-0.15, -0.1) is 0 Å². The first-order valence-electron chi connectivity index (χ1n) is 15.4. The Morgan fingerprint density at radius 1 is 1.00 bits per heavy atom. The second kappa shape index (κ2) is 14.7. The predicted octanol–water partition coefficient (Wildman–Crippen LogP) is 6.51. The molecule has 0 radical (unpaired) electrons. The van der Waals surface area contributed by atoms with Crippen LogP contribution in [0.5, 0.6) is 11.6 Å². The number of halogens is 4. The first kappa shape index (κ1) is 36.1. The lowest BCUT2D eigenvalue weighted by Gasteiger charge is -2.38. The molecule has 0 atom stereocenters. The molecule has 50 heavy (non-hydrogen) atoms. The number of alkyl halides is 3. The Kier molecular flexibility index (Phi) is 10.6. The summed E-state index contributed by atoms with van der Waals surface area (Å²) in [5, 5.41) is 2.55. The summed E-state index contributed by atoms with van der Waals surface area (Å²) >= 11 is 0. The zero-order valence-corrected chi connectivity index (χ0v) is 27.8. The van der Waals surface area contributed by atoms with Crippen molar-refractivity contribution in [3.8, 4) is 11.6 Å². The lowest BCUT2D eigenvalue weighted by Crippen LogP contribution is -2.49. The van der Waals surface area contributed by atoms with E-state index in [2.05, 4.69) is 19.9 Å². The molecule has 16 heteroatoms. The van der Waals surface area contributed by atoms with Gasteiger partial charge >= 0.3 is 12.2 Å². The van der Waals surface area contributed by atoms with Gasteiger partial charge in [0.25, 0.3) is 0 Å². The van der Waals surface area contributed by atoms with Crippen molar-refractivity contribution in [2.24, 2.45) is 5.73 Å². The number of amides is 3. The van der Waals surface area contributed by atoms with E-state index in [1.54, 1.807) is 36.4 Å². The van der Waals surface area contributed by atoms with Crippen LogP contribution in [-0.2, 0) is 22.7 Å². The lowest BCUT2D eigenvalue weighted by atomic mass is 10.0. The number of carbonyl (C=O) groups excluding carboxylic acids is 2. The van der Waals surface area contributed by atoms with Crippen LogP contribution in [0.3, 0.4) is 0 Å². The van der Waals surface area contributed by atoms with Crippen molar-refractivity contribution < 1.29 is 40.3 Å². The highest BCUT2D eigenvalue weighted by molar-refractivity contribution is 7.92. The van der Waals surface area contributed by atoms with E-state index in [9.17, 15) is 35.6 Å². The summed E-state index contributed by atoms with van der Waals surface area (Å²) in [6, 6.07) is 17.0. The molecule has 11 nitrogen and oxygen atoms in total. The minimum absolute atomic E-state index is 0.0768. The first-order chi connectivity index (χ1) is 23.6. The maximum absolute atomic E-state index is 14.3. The summed E-state index contributed by atoms with van der Waals surface area (Å²) < 4.78 is 85.6. The number of sulfonamides is 1. The van der Waals surface area contributed by atoms with E-state index in [-0.39, 0.29) is 17.4 Å². The molecule has 0 saturated carbocycles. The highest BCUT2D eigenvalue weighted by Crippen LogP contribution is 2.34. The summed E-state index contributed by atoms with van der Waals surface area (Å²) in [7, 11) is -3.40. The number of anilines is 3. The first-order valence-corrected chi connectivity index (χ1v) is 17.3. The summed E-state index contributed by atoms with van der Waals surface area (Å²) in [5.41, 5.74) is 5.47. The number of hydrogen-bond acceptors (Lipinski definition) is 7. The minimum Gasteiger partial charge on any atom is -0.439 e. The van der Waals surface area contributed by atoms with Crippen molar-refractivity contribution in [2.75, 3.05) is 34.3 Å². The number of aryl methyl sites for hydroxylation is 1. The quantitative estimate of drug-likeness (QED) is 0.159. The molecule has 1 saturated heterocycles. The smallest absolute Gasteiger partial charge is 0.417 e. The maximum Gasteiger partial charge on any atom is 0.417 e. The second-order valence-electron chi connectivity index (χ2n) is 11.8. The van der Waals surface area contributed by atoms with Gasteiger partial charge < -0.3 is 15.8 Å². The van der Waals surface area contributed by atoms with Crippen LogP contribution in [0.4, 0.5) is 39.4 Å². The summed E-state index contributed by atoms with van der Waals surface area (Å²) in [5.74, 6) is -1.03. The Balaban J connectivity index is 1.25. The molecule has 0 aliphatic carbocycles. The molecule has 1 fully saturated rings. The Morgan fingerprint density at radius 2 is 1.68 bits per heavy atom. The predicted molar refractivity (Wildman–Crippen MR) is 180 cm³/mol. The van der Waals surface area contributed by atoms with E-state index in [4.69, 9.17) is 10.5 Å². The number of nitrogens with one attached hydrogen (secondary N) is 2. The van der Waals surface area contributed by atoms with Crippen molar-refractivity contribution in [3.05, 3.63) is 107 Å². The number of primary amides is 1. The lowest BCUT2D eigenvalue weighted by molar-refractivity contribution is -0.137. The van der Waals surface area contributed by atoms with Crippen LogP contribution in [0.15, 0.2) is 78.9 Å². The topological polar surface area (TPSA) is 147 Å². The van der Waals surface area contributed by atoms with E-state index in [1.165, 1.54) is 23.1 Å². The van der Waals surface area contributed by atoms with Gasteiger partial charge in [0.1, 0.15) is 11.6 Å².